The maximum absolute atomic E-state index is 12.4. The molecule has 29 heavy (non-hydrogen) atoms. The van der Waals surface area contributed by atoms with Gasteiger partial charge in [0, 0.05) is 19.3 Å². The smallest absolute Gasteiger partial charge is 0.271 e. The van der Waals surface area contributed by atoms with Crippen molar-refractivity contribution in [2.75, 3.05) is 33.9 Å². The minimum atomic E-state index is -0.123. The summed E-state index contributed by atoms with van der Waals surface area (Å²) in [6.45, 7) is 4.67. The van der Waals surface area contributed by atoms with Gasteiger partial charge in [0.2, 0.25) is 0 Å². The number of piperidine rings is 1. The van der Waals surface area contributed by atoms with E-state index < -0.39 is 0 Å². The molecule has 1 fully saturated rings. The van der Waals surface area contributed by atoms with E-state index in [-0.39, 0.29) is 24.2 Å². The zero-order valence-corrected chi connectivity index (χ0v) is 18.1. The first-order valence-electron chi connectivity index (χ1n) is 9.85. The van der Waals surface area contributed by atoms with Gasteiger partial charge in [0.15, 0.2) is 11.5 Å². The van der Waals surface area contributed by atoms with Gasteiger partial charge in [-0.1, -0.05) is 13.0 Å². The summed E-state index contributed by atoms with van der Waals surface area (Å²) in [5.74, 6) is 1.60. The van der Waals surface area contributed by atoms with Crippen molar-refractivity contribution in [3.8, 4) is 11.5 Å². The van der Waals surface area contributed by atoms with Gasteiger partial charge < -0.3 is 20.1 Å². The molecule has 1 aliphatic heterocycles. The average molecular weight is 423 g/mol. The van der Waals surface area contributed by atoms with Gasteiger partial charge >= 0.3 is 0 Å². The number of rotatable bonds is 8. The summed E-state index contributed by atoms with van der Waals surface area (Å²) in [5, 5.41) is 10.8. The molecular formula is C21H31ClN4O3. The van der Waals surface area contributed by atoms with Crippen molar-refractivity contribution < 1.29 is 14.3 Å². The molecular weight excluding hydrogens is 392 g/mol. The molecule has 2 N–H and O–H groups in total. The Kier molecular flexibility index (Phi) is 8.79. The highest BCUT2D eigenvalue weighted by molar-refractivity contribution is 5.92. The highest BCUT2D eigenvalue weighted by Gasteiger charge is 2.18. The quantitative estimate of drug-likeness (QED) is 0.684. The van der Waals surface area contributed by atoms with Gasteiger partial charge in [-0.15, -0.1) is 12.4 Å². The van der Waals surface area contributed by atoms with Gasteiger partial charge in [-0.05, 0) is 55.5 Å². The molecule has 1 saturated heterocycles. The second kappa shape index (κ2) is 11.1. The summed E-state index contributed by atoms with van der Waals surface area (Å²) in [5.41, 5.74) is 1.62. The number of carbonyl (C=O) groups excluding carboxylic acids is 1. The van der Waals surface area contributed by atoms with Crippen LogP contribution in [0.1, 0.15) is 41.9 Å². The van der Waals surface area contributed by atoms with Crippen LogP contribution in [-0.4, -0.2) is 49.5 Å². The Labute approximate surface area is 178 Å². The molecule has 0 saturated carbocycles. The number of amides is 1. The van der Waals surface area contributed by atoms with Crippen LogP contribution in [-0.2, 0) is 6.42 Å². The Hall–Kier alpha value is -2.25. The molecule has 0 radical (unpaired) electrons. The standard InChI is InChI=1S/C21H30N4O3.ClH/c1-15(11-16-6-7-19(27-2)20(12-16)28-3)13-23-21(26)18-8-10-25(24-18)17-5-4-9-22-14-17;/h6-8,10,12,15,17,22H,4-5,9,11,13-14H2,1-3H3,(H,23,26);1H. The second-order valence-electron chi connectivity index (χ2n) is 7.39. The third kappa shape index (κ3) is 6.11. The van der Waals surface area contributed by atoms with Gasteiger partial charge in [-0.3, -0.25) is 9.48 Å². The van der Waals surface area contributed by atoms with E-state index in [0.29, 0.717) is 18.3 Å². The third-order valence-electron chi connectivity index (χ3n) is 5.13. The lowest BCUT2D eigenvalue weighted by molar-refractivity contribution is 0.0941. The van der Waals surface area contributed by atoms with Gasteiger partial charge in [-0.25, -0.2) is 0 Å². The van der Waals surface area contributed by atoms with Crippen molar-refractivity contribution in [3.05, 3.63) is 41.7 Å². The number of methoxy groups -OCH3 is 2. The van der Waals surface area contributed by atoms with Crippen molar-refractivity contribution >= 4 is 18.3 Å². The van der Waals surface area contributed by atoms with E-state index >= 15 is 0 Å². The third-order valence-corrected chi connectivity index (χ3v) is 5.13. The topological polar surface area (TPSA) is 77.4 Å². The molecule has 0 aliphatic carbocycles. The second-order valence-corrected chi connectivity index (χ2v) is 7.39. The summed E-state index contributed by atoms with van der Waals surface area (Å²) in [7, 11) is 3.26. The Morgan fingerprint density at radius 3 is 2.79 bits per heavy atom. The minimum absolute atomic E-state index is 0. The first-order chi connectivity index (χ1) is 13.6. The number of aromatic nitrogens is 2. The van der Waals surface area contributed by atoms with Crippen LogP contribution in [0.4, 0.5) is 0 Å². The van der Waals surface area contributed by atoms with Crippen LogP contribution in [0.15, 0.2) is 30.5 Å². The SMILES string of the molecule is COc1ccc(CC(C)CNC(=O)c2ccn(C3CCCNC3)n2)cc1OC.Cl. The maximum atomic E-state index is 12.4. The monoisotopic (exact) mass is 422 g/mol. The summed E-state index contributed by atoms with van der Waals surface area (Å²) in [4.78, 5) is 12.4. The van der Waals surface area contributed by atoms with Gasteiger partial charge in [0.05, 0.1) is 20.3 Å². The van der Waals surface area contributed by atoms with Crippen LogP contribution >= 0.6 is 12.4 Å². The van der Waals surface area contributed by atoms with Crippen molar-refractivity contribution in [3.63, 3.8) is 0 Å². The molecule has 1 aromatic carbocycles. The van der Waals surface area contributed by atoms with Crippen LogP contribution in [0.3, 0.4) is 0 Å². The fourth-order valence-electron chi connectivity index (χ4n) is 3.56. The summed E-state index contributed by atoms with van der Waals surface area (Å²) in [6.07, 6.45) is 4.97. The summed E-state index contributed by atoms with van der Waals surface area (Å²) < 4.78 is 12.5. The number of hydrogen-bond donors (Lipinski definition) is 2. The molecule has 160 valence electrons. The predicted octanol–water partition coefficient (Wildman–Crippen LogP) is 2.86. The Morgan fingerprint density at radius 2 is 2.10 bits per heavy atom. The predicted molar refractivity (Wildman–Crippen MR) is 115 cm³/mol. The lowest BCUT2D eigenvalue weighted by atomic mass is 10.0. The van der Waals surface area contributed by atoms with Crippen molar-refractivity contribution in [1.82, 2.24) is 20.4 Å². The number of nitrogens with one attached hydrogen (secondary N) is 2. The first-order valence-corrected chi connectivity index (χ1v) is 9.85. The number of carbonyl (C=O) groups is 1. The largest absolute Gasteiger partial charge is 0.493 e. The number of halogens is 1. The average Bonchev–Trinajstić information content (AvgIpc) is 3.23. The molecule has 0 spiro atoms. The van der Waals surface area contributed by atoms with Crippen LogP contribution in [0.25, 0.3) is 0 Å². The normalized spacial score (nSPS) is 17.1. The van der Waals surface area contributed by atoms with Crippen LogP contribution < -0.4 is 20.1 Å². The van der Waals surface area contributed by atoms with E-state index in [1.807, 2.05) is 29.1 Å². The Bertz CT molecular complexity index is 790. The van der Waals surface area contributed by atoms with E-state index in [1.165, 1.54) is 0 Å². The summed E-state index contributed by atoms with van der Waals surface area (Å²) >= 11 is 0. The van der Waals surface area contributed by atoms with Crippen LogP contribution in [0.2, 0.25) is 0 Å². The first kappa shape index (κ1) is 23.0. The highest BCUT2D eigenvalue weighted by Crippen LogP contribution is 2.28. The molecule has 2 unspecified atom stereocenters. The highest BCUT2D eigenvalue weighted by atomic mass is 35.5. The fourth-order valence-corrected chi connectivity index (χ4v) is 3.56. The lowest BCUT2D eigenvalue weighted by Gasteiger charge is -2.22. The van der Waals surface area contributed by atoms with Gasteiger partial charge in [0.25, 0.3) is 5.91 Å². The van der Waals surface area contributed by atoms with E-state index in [2.05, 4.69) is 22.7 Å². The molecule has 1 amide bonds. The van der Waals surface area contributed by atoms with E-state index in [0.717, 1.165) is 49.4 Å². The summed E-state index contributed by atoms with van der Waals surface area (Å²) in [6, 6.07) is 8.05. The van der Waals surface area contributed by atoms with Crippen molar-refractivity contribution in [1.29, 1.82) is 0 Å². The van der Waals surface area contributed by atoms with E-state index in [9.17, 15) is 4.79 Å². The molecule has 0 bridgehead atoms. The molecule has 3 rings (SSSR count). The zero-order chi connectivity index (χ0) is 19.9. The number of benzene rings is 1. The Balaban J connectivity index is 0.00000300. The van der Waals surface area contributed by atoms with Gasteiger partial charge in [0.1, 0.15) is 5.69 Å². The van der Waals surface area contributed by atoms with Gasteiger partial charge in [-0.2, -0.15) is 5.10 Å². The minimum Gasteiger partial charge on any atom is -0.493 e. The van der Waals surface area contributed by atoms with Crippen molar-refractivity contribution in [2.24, 2.45) is 5.92 Å². The molecule has 7 nitrogen and oxygen atoms in total. The lowest BCUT2D eigenvalue weighted by Crippen LogP contribution is -2.32. The van der Waals surface area contributed by atoms with Crippen LogP contribution in [0, 0.1) is 5.92 Å². The van der Waals surface area contributed by atoms with Crippen molar-refractivity contribution in [2.45, 2.75) is 32.2 Å². The van der Waals surface area contributed by atoms with E-state index in [1.54, 1.807) is 20.3 Å². The van der Waals surface area contributed by atoms with E-state index in [4.69, 9.17) is 9.47 Å². The zero-order valence-electron chi connectivity index (χ0n) is 17.3. The molecule has 2 aromatic rings. The molecule has 8 heteroatoms. The Morgan fingerprint density at radius 1 is 1.31 bits per heavy atom. The molecule has 1 aromatic heterocycles. The number of nitrogens with zero attached hydrogens (tertiary/aromatic N) is 2. The maximum Gasteiger partial charge on any atom is 0.271 e. The number of ether oxygens (including phenoxy) is 2. The number of hydrogen-bond acceptors (Lipinski definition) is 5. The van der Waals surface area contributed by atoms with Crippen LogP contribution in [0.5, 0.6) is 11.5 Å². The molecule has 2 heterocycles. The molecule has 2 atom stereocenters. The molecule has 1 aliphatic rings. The fraction of sp³-hybridized carbons (Fsp3) is 0.524.